The van der Waals surface area contributed by atoms with Gasteiger partial charge in [-0.1, -0.05) is 0 Å². The Morgan fingerprint density at radius 1 is 1.50 bits per heavy atom. The lowest BCUT2D eigenvalue weighted by atomic mass is 10.1. The average Bonchev–Trinajstić information content (AvgIpc) is 2.01. The van der Waals surface area contributed by atoms with E-state index in [0.29, 0.717) is 10.7 Å². The molecule has 1 rings (SSSR count). The molecule has 1 heterocycles. The van der Waals surface area contributed by atoms with Crippen LogP contribution < -0.4 is 0 Å². The number of nitrogens with zero attached hydrogens (tertiary/aromatic N) is 2. The maximum atomic E-state index is 11.6. The normalized spacial score (nSPS) is 21.8. The number of rotatable bonds is 1. The number of sulfonamides is 1. The Balaban J connectivity index is 3.18. The zero-order valence-corrected chi connectivity index (χ0v) is 8.97. The van der Waals surface area contributed by atoms with Gasteiger partial charge in [0.05, 0.1) is 11.8 Å². The Morgan fingerprint density at radius 3 is 2.50 bits per heavy atom. The van der Waals surface area contributed by atoms with Crippen molar-refractivity contribution < 1.29 is 13.2 Å². The second kappa shape index (κ2) is 3.24. The number of hydrogen-bond donors (Lipinski definition) is 0. The van der Waals surface area contributed by atoms with Gasteiger partial charge in [-0.2, -0.15) is 5.26 Å². The lowest BCUT2D eigenvalue weighted by Gasteiger charge is -2.34. The van der Waals surface area contributed by atoms with Crippen LogP contribution in [0.15, 0.2) is 0 Å². The van der Waals surface area contributed by atoms with Crippen molar-refractivity contribution in [3.63, 3.8) is 0 Å². The van der Waals surface area contributed by atoms with Crippen LogP contribution >= 0.6 is 0 Å². The zero-order valence-electron chi connectivity index (χ0n) is 8.15. The van der Waals surface area contributed by atoms with E-state index < -0.39 is 21.5 Å². The first-order valence-corrected chi connectivity index (χ1v) is 5.89. The van der Waals surface area contributed by atoms with Crippen molar-refractivity contribution in [2.45, 2.75) is 32.2 Å². The third-order valence-corrected chi connectivity index (χ3v) is 4.10. The van der Waals surface area contributed by atoms with Gasteiger partial charge < -0.3 is 0 Å². The van der Waals surface area contributed by atoms with Gasteiger partial charge in [0.1, 0.15) is 5.54 Å². The number of carbonyl (C=O) groups is 1. The van der Waals surface area contributed by atoms with Crippen LogP contribution in [0, 0.1) is 11.3 Å². The quantitative estimate of drug-likeness (QED) is 0.629. The monoisotopic (exact) mass is 216 g/mol. The third kappa shape index (κ3) is 1.73. The van der Waals surface area contributed by atoms with Gasteiger partial charge in [0.25, 0.3) is 0 Å². The van der Waals surface area contributed by atoms with Gasteiger partial charge in [-0.25, -0.2) is 12.7 Å². The maximum Gasteiger partial charge on any atom is 0.238 e. The van der Waals surface area contributed by atoms with Gasteiger partial charge in [0, 0.05) is 6.42 Å². The fourth-order valence-electron chi connectivity index (χ4n) is 1.46. The topological polar surface area (TPSA) is 78.2 Å². The largest absolute Gasteiger partial charge is 0.274 e. The molecule has 0 N–H and O–H groups in total. The standard InChI is InChI=1S/C8H12N2O3S/c1-8(2,6-9)10-7(11)4-3-5-14(10,12)13/h3-5H2,1-2H3. The molecular formula is C8H12N2O3S. The highest BCUT2D eigenvalue weighted by atomic mass is 32.2. The highest BCUT2D eigenvalue weighted by molar-refractivity contribution is 7.89. The summed E-state index contributed by atoms with van der Waals surface area (Å²) in [5, 5.41) is 8.79. The highest BCUT2D eigenvalue weighted by Gasteiger charge is 2.42. The fraction of sp³-hybridized carbons (Fsp3) is 0.750. The molecule has 1 aliphatic rings. The predicted molar refractivity (Wildman–Crippen MR) is 49.6 cm³/mol. The minimum Gasteiger partial charge on any atom is -0.274 e. The maximum absolute atomic E-state index is 11.6. The van der Waals surface area contributed by atoms with Crippen LogP contribution in [0.2, 0.25) is 0 Å². The Hall–Kier alpha value is -1.09. The van der Waals surface area contributed by atoms with Crippen LogP contribution in [0.25, 0.3) is 0 Å². The van der Waals surface area contributed by atoms with E-state index in [4.69, 9.17) is 5.26 Å². The molecule has 0 radical (unpaired) electrons. The summed E-state index contributed by atoms with van der Waals surface area (Å²) in [6.45, 7) is 2.85. The molecule has 0 aromatic carbocycles. The second-order valence-corrected chi connectivity index (χ2v) is 5.69. The van der Waals surface area contributed by atoms with Crippen molar-refractivity contribution in [3.8, 4) is 6.07 Å². The van der Waals surface area contributed by atoms with E-state index >= 15 is 0 Å². The minimum atomic E-state index is -3.58. The molecule has 0 bridgehead atoms. The molecule has 1 saturated heterocycles. The molecule has 1 fully saturated rings. The van der Waals surface area contributed by atoms with Crippen LogP contribution in [0.4, 0.5) is 0 Å². The lowest BCUT2D eigenvalue weighted by Crippen LogP contribution is -2.53. The molecule has 6 heteroatoms. The van der Waals surface area contributed by atoms with E-state index in [2.05, 4.69) is 0 Å². The molecule has 0 aliphatic carbocycles. The molecule has 1 aliphatic heterocycles. The van der Waals surface area contributed by atoms with Crippen molar-refractivity contribution in [1.29, 1.82) is 5.26 Å². The summed E-state index contributed by atoms with van der Waals surface area (Å²) in [5.41, 5.74) is -1.28. The van der Waals surface area contributed by atoms with Crippen LogP contribution in [0.5, 0.6) is 0 Å². The van der Waals surface area contributed by atoms with E-state index in [9.17, 15) is 13.2 Å². The molecule has 0 atom stereocenters. The Morgan fingerprint density at radius 2 is 2.07 bits per heavy atom. The van der Waals surface area contributed by atoms with E-state index in [1.807, 2.05) is 6.07 Å². The van der Waals surface area contributed by atoms with Gasteiger partial charge in [-0.3, -0.25) is 4.79 Å². The molecule has 5 nitrogen and oxygen atoms in total. The van der Waals surface area contributed by atoms with E-state index in [1.165, 1.54) is 13.8 Å². The number of nitriles is 1. The van der Waals surface area contributed by atoms with Crippen molar-refractivity contribution in [1.82, 2.24) is 4.31 Å². The van der Waals surface area contributed by atoms with Crippen LogP contribution in [-0.4, -0.2) is 29.9 Å². The van der Waals surface area contributed by atoms with Gasteiger partial charge in [-0.05, 0) is 20.3 Å². The molecule has 14 heavy (non-hydrogen) atoms. The average molecular weight is 216 g/mol. The predicted octanol–water partition coefficient (Wildman–Crippen LogP) is 0.241. The Bertz CT molecular complexity index is 391. The molecule has 0 aromatic heterocycles. The summed E-state index contributed by atoms with van der Waals surface area (Å²) in [7, 11) is -3.58. The lowest BCUT2D eigenvalue weighted by molar-refractivity contribution is -0.129. The third-order valence-electron chi connectivity index (χ3n) is 2.08. The first kappa shape index (κ1) is 11.0. The summed E-state index contributed by atoms with van der Waals surface area (Å²) in [6.07, 6.45) is 0.545. The Kier molecular flexibility index (Phi) is 2.54. The van der Waals surface area contributed by atoms with Crippen molar-refractivity contribution in [2.24, 2.45) is 0 Å². The number of hydrogen-bond acceptors (Lipinski definition) is 4. The molecule has 1 amide bonds. The van der Waals surface area contributed by atoms with E-state index in [-0.39, 0.29) is 12.2 Å². The van der Waals surface area contributed by atoms with Gasteiger partial charge >= 0.3 is 0 Å². The van der Waals surface area contributed by atoms with Gasteiger partial charge in [0.15, 0.2) is 0 Å². The molecular weight excluding hydrogens is 204 g/mol. The summed E-state index contributed by atoms with van der Waals surface area (Å²) in [6, 6.07) is 1.82. The summed E-state index contributed by atoms with van der Waals surface area (Å²) in [4.78, 5) is 11.4. The van der Waals surface area contributed by atoms with Gasteiger partial charge in [0.2, 0.25) is 15.9 Å². The summed E-state index contributed by atoms with van der Waals surface area (Å²) >= 11 is 0. The summed E-state index contributed by atoms with van der Waals surface area (Å²) < 4.78 is 23.8. The van der Waals surface area contributed by atoms with Crippen LogP contribution in [-0.2, 0) is 14.8 Å². The van der Waals surface area contributed by atoms with E-state index in [0.717, 1.165) is 0 Å². The van der Waals surface area contributed by atoms with E-state index in [1.54, 1.807) is 0 Å². The zero-order chi connectivity index (χ0) is 11.0. The summed E-state index contributed by atoms with van der Waals surface area (Å²) in [5.74, 6) is -0.535. The molecule has 78 valence electrons. The van der Waals surface area contributed by atoms with Crippen molar-refractivity contribution in [3.05, 3.63) is 0 Å². The Labute approximate surface area is 83.4 Å². The molecule has 0 saturated carbocycles. The number of carbonyl (C=O) groups excluding carboxylic acids is 1. The molecule has 0 unspecified atom stereocenters. The first-order valence-electron chi connectivity index (χ1n) is 4.28. The van der Waals surface area contributed by atoms with Crippen LogP contribution in [0.1, 0.15) is 26.7 Å². The molecule has 0 aromatic rings. The van der Waals surface area contributed by atoms with Gasteiger partial charge in [-0.15, -0.1) is 0 Å². The highest BCUT2D eigenvalue weighted by Crippen LogP contribution is 2.24. The minimum absolute atomic E-state index is 0.0517. The second-order valence-electron chi connectivity index (χ2n) is 3.75. The van der Waals surface area contributed by atoms with Crippen LogP contribution in [0.3, 0.4) is 0 Å². The smallest absolute Gasteiger partial charge is 0.238 e. The van der Waals surface area contributed by atoms with Crippen molar-refractivity contribution in [2.75, 3.05) is 5.75 Å². The van der Waals surface area contributed by atoms with Crippen molar-refractivity contribution >= 4 is 15.9 Å². The number of amides is 1. The SMILES string of the molecule is CC(C)(C#N)N1C(=O)CCCS1(=O)=O. The fourth-order valence-corrected chi connectivity index (χ4v) is 3.29. The molecule has 0 spiro atoms. The first-order chi connectivity index (χ1) is 6.31.